The minimum absolute atomic E-state index is 0.0750. The van der Waals surface area contributed by atoms with Crippen molar-refractivity contribution >= 4 is 11.9 Å². The monoisotopic (exact) mass is 251 g/mol. The third-order valence-corrected chi connectivity index (χ3v) is 3.98. The lowest BCUT2D eigenvalue weighted by atomic mass is 9.99. The summed E-state index contributed by atoms with van der Waals surface area (Å²) in [5.41, 5.74) is 0.187. The van der Waals surface area contributed by atoms with E-state index in [0.29, 0.717) is 0 Å². The van der Waals surface area contributed by atoms with Gasteiger partial charge in [-0.25, -0.2) is 4.79 Å². The van der Waals surface area contributed by atoms with Crippen LogP contribution in [0.3, 0.4) is 0 Å². The summed E-state index contributed by atoms with van der Waals surface area (Å²) in [6, 6.07) is 2.82. The highest BCUT2D eigenvalue weighted by molar-refractivity contribution is 5.93. The van der Waals surface area contributed by atoms with Gasteiger partial charge in [-0.3, -0.25) is 4.79 Å². The van der Waals surface area contributed by atoms with E-state index in [9.17, 15) is 9.59 Å². The zero-order valence-corrected chi connectivity index (χ0v) is 10.8. The number of amides is 1. The number of rotatable bonds is 4. The van der Waals surface area contributed by atoms with Crippen molar-refractivity contribution in [3.8, 4) is 0 Å². The summed E-state index contributed by atoms with van der Waals surface area (Å²) in [6.07, 6.45) is 2.23. The highest BCUT2D eigenvalue weighted by Crippen LogP contribution is 2.49. The molecule has 0 aromatic carbocycles. The van der Waals surface area contributed by atoms with Crippen LogP contribution in [0.1, 0.15) is 47.8 Å². The Balaban J connectivity index is 2.12. The second-order valence-electron chi connectivity index (χ2n) is 5.22. The molecule has 0 spiro atoms. The number of hydrogen-bond acceptors (Lipinski definition) is 3. The summed E-state index contributed by atoms with van der Waals surface area (Å²) < 4.78 is 5.02. The number of hydrogen-bond donors (Lipinski definition) is 1. The molecule has 1 aliphatic rings. The minimum atomic E-state index is -1.17. The first-order chi connectivity index (χ1) is 8.35. The molecule has 5 heteroatoms. The van der Waals surface area contributed by atoms with Crippen molar-refractivity contribution in [2.45, 2.75) is 32.7 Å². The maximum Gasteiger partial charge on any atom is 0.371 e. The molecule has 0 saturated heterocycles. The smallest absolute Gasteiger partial charge is 0.371 e. The molecule has 0 radical (unpaired) electrons. The summed E-state index contributed by atoms with van der Waals surface area (Å²) in [6.45, 7) is 4.15. The number of carbonyl (C=O) groups excluding carboxylic acids is 1. The Labute approximate surface area is 105 Å². The van der Waals surface area contributed by atoms with Gasteiger partial charge in [0.2, 0.25) is 5.76 Å². The van der Waals surface area contributed by atoms with Crippen LogP contribution < -0.4 is 0 Å². The first-order valence-corrected chi connectivity index (χ1v) is 5.95. The van der Waals surface area contributed by atoms with Crippen LogP contribution in [0.25, 0.3) is 0 Å². The number of aromatic carboxylic acids is 1. The fourth-order valence-electron chi connectivity index (χ4n) is 2.00. The molecule has 1 aliphatic carbocycles. The first-order valence-electron chi connectivity index (χ1n) is 5.95. The zero-order chi connectivity index (χ0) is 13.5. The third kappa shape index (κ3) is 2.12. The lowest BCUT2D eigenvalue weighted by Crippen LogP contribution is -2.39. The van der Waals surface area contributed by atoms with Crippen molar-refractivity contribution in [3.63, 3.8) is 0 Å². The molecular weight excluding hydrogens is 234 g/mol. The highest BCUT2D eigenvalue weighted by Gasteiger charge is 2.45. The van der Waals surface area contributed by atoms with E-state index in [0.717, 1.165) is 12.8 Å². The average molecular weight is 251 g/mol. The lowest BCUT2D eigenvalue weighted by molar-refractivity contribution is 0.0625. The fraction of sp³-hybridized carbons (Fsp3) is 0.538. The second-order valence-corrected chi connectivity index (χ2v) is 5.22. The standard InChI is InChI=1S/C13H17NO4/c1-8(13(2)6-7-13)14(3)11(15)9-4-5-10(18-9)12(16)17/h4-5,8H,6-7H2,1-3H3,(H,16,17). The molecule has 1 atom stereocenters. The van der Waals surface area contributed by atoms with Crippen LogP contribution in [0.15, 0.2) is 16.5 Å². The SMILES string of the molecule is CC(N(C)C(=O)c1ccc(C(=O)O)o1)C1(C)CC1. The van der Waals surface area contributed by atoms with Crippen LogP contribution in [-0.2, 0) is 0 Å². The molecule has 1 aromatic heterocycles. The van der Waals surface area contributed by atoms with Gasteiger partial charge in [0.25, 0.3) is 5.91 Å². The van der Waals surface area contributed by atoms with Crippen molar-refractivity contribution in [1.82, 2.24) is 4.90 Å². The van der Waals surface area contributed by atoms with Gasteiger partial charge in [-0.05, 0) is 37.3 Å². The fourth-order valence-corrected chi connectivity index (χ4v) is 2.00. The third-order valence-electron chi connectivity index (χ3n) is 3.98. The zero-order valence-electron chi connectivity index (χ0n) is 10.8. The molecular formula is C13H17NO4. The van der Waals surface area contributed by atoms with Gasteiger partial charge >= 0.3 is 5.97 Å². The van der Waals surface area contributed by atoms with Gasteiger partial charge in [0.05, 0.1) is 0 Å². The number of carbonyl (C=O) groups is 2. The van der Waals surface area contributed by atoms with E-state index in [-0.39, 0.29) is 28.9 Å². The number of carboxylic acids is 1. The summed E-state index contributed by atoms with van der Waals surface area (Å²) >= 11 is 0. The molecule has 1 N–H and O–H groups in total. The summed E-state index contributed by atoms with van der Waals surface area (Å²) in [5.74, 6) is -1.58. The van der Waals surface area contributed by atoms with E-state index in [1.807, 2.05) is 6.92 Å². The van der Waals surface area contributed by atoms with Crippen LogP contribution in [0.4, 0.5) is 0 Å². The van der Waals surface area contributed by atoms with Crippen molar-refractivity contribution in [3.05, 3.63) is 23.7 Å². The molecule has 18 heavy (non-hydrogen) atoms. The Morgan fingerprint density at radius 2 is 1.94 bits per heavy atom. The normalized spacial score (nSPS) is 18.2. The molecule has 1 unspecified atom stereocenters. The lowest BCUT2D eigenvalue weighted by Gasteiger charge is -2.29. The van der Waals surface area contributed by atoms with Crippen LogP contribution in [0, 0.1) is 5.41 Å². The van der Waals surface area contributed by atoms with Crippen molar-refractivity contribution < 1.29 is 19.1 Å². The van der Waals surface area contributed by atoms with Gasteiger partial charge in [0.1, 0.15) is 0 Å². The first kappa shape index (κ1) is 12.7. The van der Waals surface area contributed by atoms with Gasteiger partial charge < -0.3 is 14.4 Å². The Kier molecular flexibility index (Phi) is 2.92. The van der Waals surface area contributed by atoms with Crippen LogP contribution in [0.2, 0.25) is 0 Å². The molecule has 0 aliphatic heterocycles. The van der Waals surface area contributed by atoms with Crippen LogP contribution in [0.5, 0.6) is 0 Å². The predicted octanol–water partition coefficient (Wildman–Crippen LogP) is 2.24. The Hall–Kier alpha value is -1.78. The molecule has 1 aromatic rings. The van der Waals surface area contributed by atoms with E-state index in [1.54, 1.807) is 11.9 Å². The Morgan fingerprint density at radius 1 is 1.39 bits per heavy atom. The number of carboxylic acid groups (broad SMARTS) is 1. The molecule has 1 saturated carbocycles. The van der Waals surface area contributed by atoms with Gasteiger partial charge in [-0.1, -0.05) is 6.92 Å². The summed E-state index contributed by atoms with van der Waals surface area (Å²) in [4.78, 5) is 24.4. The van der Waals surface area contributed by atoms with Gasteiger partial charge in [-0.2, -0.15) is 0 Å². The number of furan rings is 1. The van der Waals surface area contributed by atoms with E-state index in [2.05, 4.69) is 6.92 Å². The molecule has 5 nitrogen and oxygen atoms in total. The Bertz CT molecular complexity index is 487. The topological polar surface area (TPSA) is 70.8 Å². The second kappa shape index (κ2) is 4.15. The Morgan fingerprint density at radius 3 is 2.39 bits per heavy atom. The molecule has 1 fully saturated rings. The largest absolute Gasteiger partial charge is 0.475 e. The minimum Gasteiger partial charge on any atom is -0.475 e. The predicted molar refractivity (Wildman–Crippen MR) is 64.6 cm³/mol. The molecule has 2 rings (SSSR count). The van der Waals surface area contributed by atoms with Crippen molar-refractivity contribution in [2.75, 3.05) is 7.05 Å². The van der Waals surface area contributed by atoms with Gasteiger partial charge in [-0.15, -0.1) is 0 Å². The average Bonchev–Trinajstić information content (AvgIpc) is 2.91. The quantitative estimate of drug-likeness (QED) is 0.890. The van der Waals surface area contributed by atoms with Gasteiger partial charge in [0.15, 0.2) is 5.76 Å². The van der Waals surface area contributed by atoms with E-state index in [4.69, 9.17) is 9.52 Å². The summed E-state index contributed by atoms with van der Waals surface area (Å²) in [5, 5.41) is 8.75. The molecule has 1 heterocycles. The van der Waals surface area contributed by atoms with Crippen LogP contribution in [-0.4, -0.2) is 35.0 Å². The van der Waals surface area contributed by atoms with Gasteiger partial charge in [0, 0.05) is 13.1 Å². The summed E-state index contributed by atoms with van der Waals surface area (Å²) in [7, 11) is 1.72. The number of nitrogens with zero attached hydrogens (tertiary/aromatic N) is 1. The maximum absolute atomic E-state index is 12.1. The van der Waals surface area contributed by atoms with Crippen LogP contribution >= 0.6 is 0 Å². The molecule has 1 amide bonds. The molecule has 98 valence electrons. The van der Waals surface area contributed by atoms with Crippen molar-refractivity contribution in [2.24, 2.45) is 5.41 Å². The van der Waals surface area contributed by atoms with E-state index >= 15 is 0 Å². The maximum atomic E-state index is 12.1. The highest BCUT2D eigenvalue weighted by atomic mass is 16.4. The van der Waals surface area contributed by atoms with E-state index < -0.39 is 5.97 Å². The van der Waals surface area contributed by atoms with Crippen molar-refractivity contribution in [1.29, 1.82) is 0 Å². The van der Waals surface area contributed by atoms with E-state index in [1.165, 1.54) is 12.1 Å². The molecule has 0 bridgehead atoms.